The van der Waals surface area contributed by atoms with Crippen molar-refractivity contribution in [1.82, 2.24) is 9.97 Å². The molecule has 0 saturated heterocycles. The lowest BCUT2D eigenvalue weighted by molar-refractivity contribution is 0.102. The number of nitrogens with one attached hydrogen (secondary N) is 2. The van der Waals surface area contributed by atoms with E-state index in [0.29, 0.717) is 23.1 Å². The minimum absolute atomic E-state index is 0.264. The summed E-state index contributed by atoms with van der Waals surface area (Å²) in [4.78, 5) is 21.1. The summed E-state index contributed by atoms with van der Waals surface area (Å²) in [6.07, 6.45) is 1.54. The van der Waals surface area contributed by atoms with Crippen molar-refractivity contribution in [2.45, 2.75) is 13.8 Å². The monoisotopic (exact) mass is 378 g/mol. The van der Waals surface area contributed by atoms with E-state index in [1.807, 2.05) is 38.1 Å². The fourth-order valence-electron chi connectivity index (χ4n) is 2.78. The molecule has 0 unspecified atom stereocenters. The Kier molecular flexibility index (Phi) is 5.74. The molecule has 1 amide bonds. The normalized spacial score (nSPS) is 10.3. The Hall–Kier alpha value is -3.61. The maximum absolute atomic E-state index is 12.6. The second-order valence-electron chi connectivity index (χ2n) is 6.18. The fraction of sp³-hybridized carbons (Fsp3) is 0.190. The molecule has 28 heavy (non-hydrogen) atoms. The van der Waals surface area contributed by atoms with Gasteiger partial charge in [0.15, 0.2) is 11.5 Å². The lowest BCUT2D eigenvalue weighted by Gasteiger charge is -2.12. The van der Waals surface area contributed by atoms with Crippen LogP contribution in [0.1, 0.15) is 21.6 Å². The van der Waals surface area contributed by atoms with Gasteiger partial charge in [-0.3, -0.25) is 4.79 Å². The van der Waals surface area contributed by atoms with Gasteiger partial charge in [-0.2, -0.15) is 0 Å². The molecule has 0 fully saturated rings. The number of hydrogen-bond acceptors (Lipinski definition) is 6. The van der Waals surface area contributed by atoms with E-state index in [0.717, 1.165) is 16.8 Å². The number of ether oxygens (including phenoxy) is 2. The van der Waals surface area contributed by atoms with Crippen LogP contribution < -0.4 is 20.1 Å². The van der Waals surface area contributed by atoms with E-state index in [9.17, 15) is 4.79 Å². The highest BCUT2D eigenvalue weighted by molar-refractivity contribution is 6.03. The Morgan fingerprint density at radius 1 is 0.964 bits per heavy atom. The second kappa shape index (κ2) is 8.39. The molecule has 3 rings (SSSR count). The zero-order valence-electron chi connectivity index (χ0n) is 16.2. The third kappa shape index (κ3) is 4.20. The molecule has 0 radical (unpaired) electrons. The Morgan fingerprint density at radius 2 is 1.68 bits per heavy atom. The van der Waals surface area contributed by atoms with Crippen LogP contribution in [0.2, 0.25) is 0 Å². The van der Waals surface area contributed by atoms with Gasteiger partial charge in [-0.1, -0.05) is 18.2 Å². The number of aryl methyl sites for hydroxylation is 2. The van der Waals surface area contributed by atoms with E-state index >= 15 is 0 Å². The molecule has 0 aliphatic carbocycles. The first kappa shape index (κ1) is 19.2. The van der Waals surface area contributed by atoms with Gasteiger partial charge in [0.1, 0.15) is 5.69 Å². The van der Waals surface area contributed by atoms with Crippen LogP contribution in [0.4, 0.5) is 17.3 Å². The molecule has 2 N–H and O–H groups in total. The quantitative estimate of drug-likeness (QED) is 0.671. The summed E-state index contributed by atoms with van der Waals surface area (Å²) < 4.78 is 10.5. The highest BCUT2D eigenvalue weighted by Gasteiger charge is 2.13. The molecule has 2 aromatic carbocycles. The van der Waals surface area contributed by atoms with Crippen molar-refractivity contribution in [2.24, 2.45) is 0 Å². The van der Waals surface area contributed by atoms with Crippen molar-refractivity contribution in [3.63, 3.8) is 0 Å². The minimum atomic E-state index is -0.296. The van der Waals surface area contributed by atoms with E-state index in [4.69, 9.17) is 9.47 Å². The van der Waals surface area contributed by atoms with Gasteiger partial charge < -0.3 is 20.1 Å². The maximum Gasteiger partial charge on any atom is 0.274 e. The second-order valence-corrected chi connectivity index (χ2v) is 6.18. The van der Waals surface area contributed by atoms with E-state index in [1.54, 1.807) is 32.4 Å². The van der Waals surface area contributed by atoms with Gasteiger partial charge in [-0.25, -0.2) is 9.97 Å². The molecule has 1 heterocycles. The zero-order chi connectivity index (χ0) is 20.1. The highest BCUT2D eigenvalue weighted by atomic mass is 16.5. The van der Waals surface area contributed by atoms with Crippen LogP contribution in [0, 0.1) is 13.8 Å². The molecular formula is C21H22N4O3. The number of carbonyl (C=O) groups excluding carboxylic acids is 1. The first-order valence-corrected chi connectivity index (χ1v) is 8.71. The van der Waals surface area contributed by atoms with Gasteiger partial charge in [0.05, 0.1) is 14.2 Å². The predicted octanol–water partition coefficient (Wildman–Crippen LogP) is 4.11. The van der Waals surface area contributed by atoms with Crippen LogP contribution in [-0.4, -0.2) is 30.1 Å². The molecule has 0 spiro atoms. The fourth-order valence-corrected chi connectivity index (χ4v) is 2.78. The van der Waals surface area contributed by atoms with E-state index in [-0.39, 0.29) is 11.6 Å². The number of nitrogens with zero attached hydrogens (tertiary/aromatic N) is 2. The Morgan fingerprint density at radius 3 is 2.36 bits per heavy atom. The number of hydrogen-bond donors (Lipinski definition) is 2. The summed E-state index contributed by atoms with van der Waals surface area (Å²) in [6, 6.07) is 12.8. The summed E-state index contributed by atoms with van der Waals surface area (Å²) in [5.74, 6) is 1.21. The third-order valence-corrected chi connectivity index (χ3v) is 4.25. The topological polar surface area (TPSA) is 85.4 Å². The summed E-state index contributed by atoms with van der Waals surface area (Å²) >= 11 is 0. The average molecular weight is 378 g/mol. The van der Waals surface area contributed by atoms with E-state index in [1.165, 1.54) is 6.20 Å². The van der Waals surface area contributed by atoms with E-state index < -0.39 is 0 Å². The number of benzene rings is 2. The predicted molar refractivity (Wildman–Crippen MR) is 109 cm³/mol. The van der Waals surface area contributed by atoms with Crippen molar-refractivity contribution >= 4 is 23.2 Å². The molecule has 0 bridgehead atoms. The maximum atomic E-state index is 12.6. The van der Waals surface area contributed by atoms with Crippen LogP contribution >= 0.6 is 0 Å². The third-order valence-electron chi connectivity index (χ3n) is 4.25. The number of rotatable bonds is 6. The number of anilines is 3. The molecule has 7 nitrogen and oxygen atoms in total. The Labute approximate surface area is 163 Å². The Balaban J connectivity index is 1.80. The largest absolute Gasteiger partial charge is 0.493 e. The van der Waals surface area contributed by atoms with Crippen molar-refractivity contribution in [1.29, 1.82) is 0 Å². The summed E-state index contributed by atoms with van der Waals surface area (Å²) in [6.45, 7) is 3.90. The standard InChI is InChI=1S/C21H22N4O3/c1-13-6-5-7-14(2)19(13)25-20(26)16-10-11-22-21(24-16)23-15-8-9-17(27-3)18(12-15)28-4/h5-12H,1-4H3,(H,25,26)(H,22,23,24). The van der Waals surface area contributed by atoms with Gasteiger partial charge in [0.2, 0.25) is 5.95 Å². The molecule has 0 aliphatic rings. The molecule has 7 heteroatoms. The van der Waals surface area contributed by atoms with Gasteiger partial charge in [0.25, 0.3) is 5.91 Å². The van der Waals surface area contributed by atoms with Gasteiger partial charge in [0, 0.05) is 23.6 Å². The van der Waals surface area contributed by atoms with Gasteiger partial charge >= 0.3 is 0 Å². The zero-order valence-corrected chi connectivity index (χ0v) is 16.2. The van der Waals surface area contributed by atoms with Crippen molar-refractivity contribution in [3.05, 3.63) is 65.5 Å². The summed E-state index contributed by atoms with van der Waals surface area (Å²) in [5.41, 5.74) is 3.75. The lowest BCUT2D eigenvalue weighted by atomic mass is 10.1. The number of aromatic nitrogens is 2. The first-order chi connectivity index (χ1) is 13.5. The first-order valence-electron chi connectivity index (χ1n) is 8.71. The lowest BCUT2D eigenvalue weighted by Crippen LogP contribution is -2.16. The van der Waals surface area contributed by atoms with Crippen molar-refractivity contribution in [2.75, 3.05) is 24.9 Å². The van der Waals surface area contributed by atoms with Crippen LogP contribution in [0.25, 0.3) is 0 Å². The molecular weight excluding hydrogens is 356 g/mol. The number of para-hydroxylation sites is 1. The highest BCUT2D eigenvalue weighted by Crippen LogP contribution is 2.30. The van der Waals surface area contributed by atoms with Crippen LogP contribution in [0.15, 0.2) is 48.7 Å². The molecule has 144 valence electrons. The minimum Gasteiger partial charge on any atom is -0.493 e. The van der Waals surface area contributed by atoms with Crippen molar-refractivity contribution < 1.29 is 14.3 Å². The van der Waals surface area contributed by atoms with Crippen LogP contribution in [0.3, 0.4) is 0 Å². The van der Waals surface area contributed by atoms with Crippen LogP contribution in [0.5, 0.6) is 11.5 Å². The van der Waals surface area contributed by atoms with Crippen molar-refractivity contribution in [3.8, 4) is 11.5 Å². The molecule has 3 aromatic rings. The number of carbonyl (C=O) groups is 1. The van der Waals surface area contributed by atoms with E-state index in [2.05, 4.69) is 20.6 Å². The SMILES string of the molecule is COc1ccc(Nc2nccc(C(=O)Nc3c(C)cccc3C)n2)cc1OC. The molecule has 0 atom stereocenters. The summed E-state index contributed by atoms with van der Waals surface area (Å²) in [7, 11) is 3.14. The van der Waals surface area contributed by atoms with Crippen LogP contribution in [-0.2, 0) is 0 Å². The smallest absolute Gasteiger partial charge is 0.274 e. The molecule has 0 saturated carbocycles. The molecule has 0 aliphatic heterocycles. The Bertz CT molecular complexity index is 984. The van der Waals surface area contributed by atoms with Gasteiger partial charge in [-0.05, 0) is 43.2 Å². The summed E-state index contributed by atoms with van der Waals surface area (Å²) in [5, 5.41) is 6.00. The molecule has 1 aromatic heterocycles. The number of methoxy groups -OCH3 is 2. The number of amides is 1. The average Bonchev–Trinajstić information content (AvgIpc) is 2.70. The van der Waals surface area contributed by atoms with Gasteiger partial charge in [-0.15, -0.1) is 0 Å².